The molecule has 1 aliphatic heterocycles. The zero-order valence-electron chi connectivity index (χ0n) is 8.13. The Bertz CT molecular complexity index is 314. The Labute approximate surface area is 82.3 Å². The van der Waals surface area contributed by atoms with Crippen molar-refractivity contribution in [3.63, 3.8) is 0 Å². The number of aromatic amines is 1. The molecular formula is C9H14N4O. The van der Waals surface area contributed by atoms with E-state index in [1.807, 2.05) is 6.92 Å². The second-order valence-electron chi connectivity index (χ2n) is 3.93. The Morgan fingerprint density at radius 1 is 1.71 bits per heavy atom. The van der Waals surface area contributed by atoms with Gasteiger partial charge in [0.25, 0.3) is 5.91 Å². The maximum atomic E-state index is 11.7. The summed E-state index contributed by atoms with van der Waals surface area (Å²) in [6.07, 6.45) is 4.10. The topological polar surface area (TPSA) is 69.8 Å². The molecule has 5 nitrogen and oxygen atoms in total. The van der Waals surface area contributed by atoms with E-state index in [0.717, 1.165) is 19.5 Å². The van der Waals surface area contributed by atoms with Crippen LogP contribution in [0.15, 0.2) is 12.4 Å². The highest BCUT2D eigenvalue weighted by molar-refractivity contribution is 5.94. The zero-order chi connectivity index (χ0) is 10.0. The summed E-state index contributed by atoms with van der Waals surface area (Å²) in [4.78, 5) is 11.7. The van der Waals surface area contributed by atoms with E-state index in [4.69, 9.17) is 0 Å². The van der Waals surface area contributed by atoms with Gasteiger partial charge in [0.1, 0.15) is 0 Å². The molecule has 3 N–H and O–H groups in total. The molecule has 0 radical (unpaired) electrons. The molecule has 1 fully saturated rings. The van der Waals surface area contributed by atoms with Crippen LogP contribution >= 0.6 is 0 Å². The molecule has 1 aliphatic rings. The van der Waals surface area contributed by atoms with Crippen LogP contribution in [0.2, 0.25) is 0 Å². The number of H-pyrrole nitrogens is 1. The maximum Gasteiger partial charge on any atom is 0.254 e. The number of nitrogens with zero attached hydrogens (tertiary/aromatic N) is 1. The van der Waals surface area contributed by atoms with E-state index in [-0.39, 0.29) is 11.4 Å². The van der Waals surface area contributed by atoms with Gasteiger partial charge in [-0.1, -0.05) is 0 Å². The van der Waals surface area contributed by atoms with Gasteiger partial charge in [-0.05, 0) is 19.9 Å². The molecule has 5 heteroatoms. The Morgan fingerprint density at radius 3 is 3.14 bits per heavy atom. The fraction of sp³-hybridized carbons (Fsp3) is 0.556. The van der Waals surface area contributed by atoms with Crippen LogP contribution in [0.1, 0.15) is 23.7 Å². The molecule has 76 valence electrons. The van der Waals surface area contributed by atoms with Crippen molar-refractivity contribution >= 4 is 5.91 Å². The number of hydrogen-bond acceptors (Lipinski definition) is 3. The van der Waals surface area contributed by atoms with Crippen LogP contribution in [0.3, 0.4) is 0 Å². The number of aromatic nitrogens is 2. The van der Waals surface area contributed by atoms with Crippen LogP contribution in [-0.2, 0) is 0 Å². The van der Waals surface area contributed by atoms with Gasteiger partial charge in [0, 0.05) is 12.7 Å². The van der Waals surface area contributed by atoms with E-state index in [1.165, 1.54) is 6.20 Å². The number of rotatable bonds is 2. The summed E-state index contributed by atoms with van der Waals surface area (Å²) < 4.78 is 0. The largest absolute Gasteiger partial charge is 0.345 e. The van der Waals surface area contributed by atoms with Gasteiger partial charge in [-0.25, -0.2) is 0 Å². The van der Waals surface area contributed by atoms with Crippen LogP contribution in [0.25, 0.3) is 0 Å². The van der Waals surface area contributed by atoms with Crippen LogP contribution in [-0.4, -0.2) is 34.7 Å². The van der Waals surface area contributed by atoms with Gasteiger partial charge in [-0.2, -0.15) is 5.10 Å². The molecule has 0 aromatic carbocycles. The first-order valence-corrected chi connectivity index (χ1v) is 4.72. The van der Waals surface area contributed by atoms with E-state index in [2.05, 4.69) is 20.8 Å². The summed E-state index contributed by atoms with van der Waals surface area (Å²) >= 11 is 0. The fourth-order valence-electron chi connectivity index (χ4n) is 1.64. The first-order chi connectivity index (χ1) is 6.70. The molecule has 0 bridgehead atoms. The molecule has 14 heavy (non-hydrogen) atoms. The standard InChI is InChI=1S/C9H14N4O/c1-9(2-3-10-6-9)13-8(14)7-4-11-12-5-7/h4-5,10H,2-3,6H2,1H3,(H,11,12)(H,13,14). The number of amides is 1. The van der Waals surface area contributed by atoms with Gasteiger partial charge < -0.3 is 10.6 Å². The highest BCUT2D eigenvalue weighted by Crippen LogP contribution is 2.13. The molecule has 1 atom stereocenters. The van der Waals surface area contributed by atoms with E-state index in [1.54, 1.807) is 6.20 Å². The van der Waals surface area contributed by atoms with Gasteiger partial charge in [0.05, 0.1) is 17.3 Å². The molecule has 1 saturated heterocycles. The summed E-state index contributed by atoms with van der Waals surface area (Å²) in [5.41, 5.74) is 0.465. The van der Waals surface area contributed by atoms with Crippen molar-refractivity contribution in [2.45, 2.75) is 18.9 Å². The molecule has 1 amide bonds. The average Bonchev–Trinajstić information content (AvgIpc) is 2.74. The van der Waals surface area contributed by atoms with Gasteiger partial charge in [-0.15, -0.1) is 0 Å². The van der Waals surface area contributed by atoms with Gasteiger partial charge in [0.2, 0.25) is 0 Å². The predicted molar refractivity (Wildman–Crippen MR) is 51.9 cm³/mol. The van der Waals surface area contributed by atoms with Crippen molar-refractivity contribution in [3.8, 4) is 0 Å². The molecule has 1 unspecified atom stereocenters. The van der Waals surface area contributed by atoms with Crippen LogP contribution in [0.5, 0.6) is 0 Å². The quantitative estimate of drug-likeness (QED) is 0.615. The van der Waals surface area contributed by atoms with Gasteiger partial charge in [-0.3, -0.25) is 9.89 Å². The summed E-state index contributed by atoms with van der Waals surface area (Å²) in [5.74, 6) is -0.0649. The lowest BCUT2D eigenvalue weighted by Crippen LogP contribution is -2.47. The molecule has 0 aliphatic carbocycles. The third-order valence-corrected chi connectivity index (χ3v) is 2.54. The lowest BCUT2D eigenvalue weighted by molar-refractivity contribution is 0.0913. The summed E-state index contributed by atoms with van der Waals surface area (Å²) in [5, 5.41) is 12.6. The molecule has 0 saturated carbocycles. The minimum absolute atomic E-state index is 0.0649. The minimum Gasteiger partial charge on any atom is -0.345 e. The van der Waals surface area contributed by atoms with Crippen molar-refractivity contribution < 1.29 is 4.79 Å². The van der Waals surface area contributed by atoms with Crippen LogP contribution in [0.4, 0.5) is 0 Å². The maximum absolute atomic E-state index is 11.7. The van der Waals surface area contributed by atoms with Crippen molar-refractivity contribution in [3.05, 3.63) is 18.0 Å². The SMILES string of the molecule is CC1(NC(=O)c2cn[nH]c2)CCNC1. The molecular weight excluding hydrogens is 180 g/mol. The third kappa shape index (κ3) is 1.77. The lowest BCUT2D eigenvalue weighted by atomic mass is 10.0. The van der Waals surface area contributed by atoms with E-state index in [0.29, 0.717) is 5.56 Å². The Kier molecular flexibility index (Phi) is 2.25. The number of hydrogen-bond donors (Lipinski definition) is 3. The van der Waals surface area contributed by atoms with E-state index >= 15 is 0 Å². The number of nitrogens with one attached hydrogen (secondary N) is 3. The number of carbonyl (C=O) groups excluding carboxylic acids is 1. The molecule has 2 rings (SSSR count). The first-order valence-electron chi connectivity index (χ1n) is 4.72. The predicted octanol–water partition coefficient (Wildman–Crippen LogP) is -0.108. The zero-order valence-corrected chi connectivity index (χ0v) is 8.13. The average molecular weight is 194 g/mol. The first kappa shape index (κ1) is 9.21. The molecule has 2 heterocycles. The monoisotopic (exact) mass is 194 g/mol. The Hall–Kier alpha value is -1.36. The van der Waals surface area contributed by atoms with Crippen LogP contribution < -0.4 is 10.6 Å². The highest BCUT2D eigenvalue weighted by atomic mass is 16.1. The lowest BCUT2D eigenvalue weighted by Gasteiger charge is -2.23. The normalized spacial score (nSPS) is 26.4. The molecule has 1 aromatic rings. The molecule has 0 spiro atoms. The number of carbonyl (C=O) groups is 1. The summed E-state index contributed by atoms with van der Waals surface area (Å²) in [6, 6.07) is 0. The van der Waals surface area contributed by atoms with Crippen molar-refractivity contribution in [1.29, 1.82) is 0 Å². The van der Waals surface area contributed by atoms with Crippen molar-refractivity contribution in [2.75, 3.05) is 13.1 Å². The summed E-state index contributed by atoms with van der Waals surface area (Å²) in [6.45, 7) is 3.84. The van der Waals surface area contributed by atoms with E-state index in [9.17, 15) is 4.79 Å². The van der Waals surface area contributed by atoms with Gasteiger partial charge in [0.15, 0.2) is 0 Å². The van der Waals surface area contributed by atoms with Crippen molar-refractivity contribution in [1.82, 2.24) is 20.8 Å². The van der Waals surface area contributed by atoms with Crippen LogP contribution in [0, 0.1) is 0 Å². The minimum atomic E-state index is -0.117. The third-order valence-electron chi connectivity index (χ3n) is 2.54. The van der Waals surface area contributed by atoms with Crippen molar-refractivity contribution in [2.24, 2.45) is 0 Å². The van der Waals surface area contributed by atoms with Gasteiger partial charge >= 0.3 is 0 Å². The summed E-state index contributed by atoms with van der Waals surface area (Å²) in [7, 11) is 0. The smallest absolute Gasteiger partial charge is 0.254 e. The second kappa shape index (κ2) is 3.42. The second-order valence-corrected chi connectivity index (χ2v) is 3.93. The fourth-order valence-corrected chi connectivity index (χ4v) is 1.64. The van der Waals surface area contributed by atoms with E-state index < -0.39 is 0 Å². The molecule has 1 aromatic heterocycles. The Morgan fingerprint density at radius 2 is 2.57 bits per heavy atom. The highest BCUT2D eigenvalue weighted by Gasteiger charge is 2.30. The Balaban J connectivity index is 2.01.